The first-order valence-electron chi connectivity index (χ1n) is 9.03. The predicted molar refractivity (Wildman–Crippen MR) is 110 cm³/mol. The van der Waals surface area contributed by atoms with Crippen LogP contribution in [0.3, 0.4) is 0 Å². The zero-order valence-corrected chi connectivity index (χ0v) is 17.0. The maximum absolute atomic E-state index is 13.2. The van der Waals surface area contributed by atoms with Gasteiger partial charge in [-0.15, -0.1) is 0 Å². The van der Waals surface area contributed by atoms with Crippen molar-refractivity contribution in [2.75, 3.05) is 25.5 Å². The molecule has 1 fully saturated rings. The first-order chi connectivity index (χ1) is 13.0. The molecule has 0 saturated carbocycles. The average Bonchev–Trinajstić information content (AvgIpc) is 3.08. The number of carbonyl (C=O) groups is 1. The van der Waals surface area contributed by atoms with Crippen molar-refractivity contribution in [2.45, 2.75) is 12.3 Å². The van der Waals surface area contributed by atoms with Crippen LogP contribution in [0, 0.1) is 5.92 Å². The van der Waals surface area contributed by atoms with Crippen LogP contribution in [0.15, 0.2) is 47.3 Å². The van der Waals surface area contributed by atoms with Gasteiger partial charge in [-0.2, -0.15) is 5.10 Å². The smallest absolute Gasteiger partial charge is 0.228 e. The maximum atomic E-state index is 13.2. The minimum atomic E-state index is -0.0869. The third-order valence-electron chi connectivity index (χ3n) is 5.24. The van der Waals surface area contributed by atoms with Gasteiger partial charge in [0, 0.05) is 47.7 Å². The number of fused-ring (bicyclic) bond motifs is 1. The van der Waals surface area contributed by atoms with Gasteiger partial charge in [-0.1, -0.05) is 12.1 Å². The van der Waals surface area contributed by atoms with Gasteiger partial charge < -0.3 is 10.2 Å². The lowest BCUT2D eigenvalue weighted by Gasteiger charge is -2.35. The van der Waals surface area contributed by atoms with Crippen molar-refractivity contribution in [1.82, 2.24) is 19.7 Å². The summed E-state index contributed by atoms with van der Waals surface area (Å²) in [7, 11) is 4.01. The van der Waals surface area contributed by atoms with E-state index in [0.717, 1.165) is 46.1 Å². The largest absolute Gasteiger partial charge is 0.324 e. The summed E-state index contributed by atoms with van der Waals surface area (Å²) in [4.78, 5) is 19.9. The number of amides is 1. The molecule has 1 N–H and O–H groups in total. The van der Waals surface area contributed by atoms with Crippen molar-refractivity contribution in [2.24, 2.45) is 13.0 Å². The molecular formula is C20H22BrN5O. The molecule has 0 bridgehead atoms. The van der Waals surface area contributed by atoms with E-state index in [1.54, 1.807) is 10.9 Å². The second-order valence-electron chi connectivity index (χ2n) is 7.23. The molecule has 140 valence electrons. The molecule has 6 nitrogen and oxygen atoms in total. The van der Waals surface area contributed by atoms with E-state index >= 15 is 0 Å². The first kappa shape index (κ1) is 18.1. The Bertz CT molecular complexity index is 985. The van der Waals surface area contributed by atoms with Gasteiger partial charge in [0.25, 0.3) is 0 Å². The molecule has 1 aliphatic heterocycles. The van der Waals surface area contributed by atoms with E-state index < -0.39 is 0 Å². The van der Waals surface area contributed by atoms with Crippen molar-refractivity contribution in [3.63, 3.8) is 0 Å². The van der Waals surface area contributed by atoms with Crippen molar-refractivity contribution >= 4 is 38.4 Å². The van der Waals surface area contributed by atoms with Crippen molar-refractivity contribution in [3.05, 3.63) is 52.9 Å². The molecule has 1 aliphatic rings. The molecule has 3 heterocycles. The Kier molecular flexibility index (Phi) is 4.97. The van der Waals surface area contributed by atoms with Gasteiger partial charge in [0.05, 0.1) is 17.4 Å². The number of carbonyl (C=O) groups excluding carboxylic acids is 1. The zero-order valence-electron chi connectivity index (χ0n) is 15.4. The zero-order chi connectivity index (χ0) is 19.0. The van der Waals surface area contributed by atoms with E-state index in [2.05, 4.69) is 43.3 Å². The number of para-hydroxylation sites is 1. The molecule has 1 saturated heterocycles. The minimum Gasteiger partial charge on any atom is -0.324 e. The number of halogens is 1. The highest BCUT2D eigenvalue weighted by Gasteiger charge is 2.35. The summed E-state index contributed by atoms with van der Waals surface area (Å²) in [5, 5.41) is 8.42. The molecule has 0 radical (unpaired) electrons. The number of likely N-dealkylation sites (N-methyl/N-ethyl adjacent to an activating group) is 1. The topological polar surface area (TPSA) is 63.1 Å². The van der Waals surface area contributed by atoms with Crippen LogP contribution in [0.2, 0.25) is 0 Å². The molecule has 7 heteroatoms. The summed E-state index contributed by atoms with van der Waals surface area (Å²) >= 11 is 3.45. The second-order valence-corrected chi connectivity index (χ2v) is 8.15. The highest BCUT2D eigenvalue weighted by atomic mass is 79.9. The van der Waals surface area contributed by atoms with Crippen LogP contribution in [0.1, 0.15) is 17.9 Å². The number of nitrogens with zero attached hydrogens (tertiary/aromatic N) is 4. The van der Waals surface area contributed by atoms with E-state index in [1.165, 1.54) is 0 Å². The fourth-order valence-corrected chi connectivity index (χ4v) is 4.21. The van der Waals surface area contributed by atoms with E-state index in [9.17, 15) is 4.79 Å². The Balaban J connectivity index is 1.61. The Hall–Kier alpha value is -2.25. The Morgan fingerprint density at radius 2 is 2.15 bits per heavy atom. The fourth-order valence-electron chi connectivity index (χ4n) is 3.86. The number of nitrogens with one attached hydrogen (secondary N) is 1. The van der Waals surface area contributed by atoms with Gasteiger partial charge in [-0.05, 0) is 53.6 Å². The average molecular weight is 428 g/mol. The summed E-state index contributed by atoms with van der Waals surface area (Å²) in [6.45, 7) is 1.76. The number of aryl methyl sites for hydroxylation is 1. The van der Waals surface area contributed by atoms with Crippen LogP contribution in [0.4, 0.5) is 5.69 Å². The Morgan fingerprint density at radius 1 is 1.30 bits per heavy atom. The number of benzene rings is 1. The fraction of sp³-hybridized carbons (Fsp3) is 0.350. The van der Waals surface area contributed by atoms with Gasteiger partial charge in [-0.3, -0.25) is 14.5 Å². The standard InChI is InChI=1S/C20H22BrN5O/c1-25-7-6-16(17(12-25)14-9-23-26(2)11-14)20(27)24-18-5-3-4-13-8-15(21)10-22-19(13)18/h3-5,8-11,16-17H,6-7,12H2,1-2H3,(H,24,27). The van der Waals surface area contributed by atoms with Gasteiger partial charge in [0.2, 0.25) is 5.91 Å². The molecule has 27 heavy (non-hydrogen) atoms. The number of aromatic nitrogens is 3. The van der Waals surface area contributed by atoms with Crippen LogP contribution >= 0.6 is 15.9 Å². The molecule has 3 aromatic rings. The summed E-state index contributed by atoms with van der Waals surface area (Å²) in [5.74, 6) is 0.0970. The number of pyridine rings is 1. The van der Waals surface area contributed by atoms with E-state index in [1.807, 2.05) is 43.7 Å². The van der Waals surface area contributed by atoms with Gasteiger partial charge in [0.1, 0.15) is 0 Å². The SMILES string of the molecule is CN1CCC(C(=O)Nc2cccc3cc(Br)cnc23)C(c2cnn(C)c2)C1. The lowest BCUT2D eigenvalue weighted by Crippen LogP contribution is -2.41. The molecular weight excluding hydrogens is 406 g/mol. The van der Waals surface area contributed by atoms with Gasteiger partial charge >= 0.3 is 0 Å². The van der Waals surface area contributed by atoms with E-state index in [4.69, 9.17) is 0 Å². The Morgan fingerprint density at radius 3 is 2.93 bits per heavy atom. The normalized spacial score (nSPS) is 20.7. The maximum Gasteiger partial charge on any atom is 0.228 e. The third kappa shape index (κ3) is 3.75. The Labute approximate surface area is 166 Å². The predicted octanol–water partition coefficient (Wildman–Crippen LogP) is 3.40. The third-order valence-corrected chi connectivity index (χ3v) is 5.67. The molecule has 0 spiro atoms. The summed E-state index contributed by atoms with van der Waals surface area (Å²) in [5.41, 5.74) is 2.68. The first-order valence-corrected chi connectivity index (χ1v) is 9.83. The van der Waals surface area contributed by atoms with Crippen molar-refractivity contribution in [1.29, 1.82) is 0 Å². The van der Waals surface area contributed by atoms with Crippen molar-refractivity contribution in [3.8, 4) is 0 Å². The molecule has 2 atom stereocenters. The number of likely N-dealkylation sites (tertiary alicyclic amines) is 1. The van der Waals surface area contributed by atoms with Gasteiger partial charge in [-0.25, -0.2) is 0 Å². The van der Waals surface area contributed by atoms with Crippen LogP contribution in [-0.4, -0.2) is 45.7 Å². The molecule has 4 rings (SSSR count). The highest BCUT2D eigenvalue weighted by molar-refractivity contribution is 9.10. The van der Waals surface area contributed by atoms with Crippen LogP contribution < -0.4 is 5.32 Å². The van der Waals surface area contributed by atoms with E-state index in [-0.39, 0.29) is 17.7 Å². The molecule has 2 aromatic heterocycles. The summed E-state index contributed by atoms with van der Waals surface area (Å²) in [6.07, 6.45) is 6.47. The van der Waals surface area contributed by atoms with Crippen LogP contribution in [-0.2, 0) is 11.8 Å². The minimum absolute atomic E-state index is 0.0502. The molecule has 0 aliphatic carbocycles. The summed E-state index contributed by atoms with van der Waals surface area (Å²) < 4.78 is 2.72. The van der Waals surface area contributed by atoms with E-state index in [0.29, 0.717) is 0 Å². The number of hydrogen-bond acceptors (Lipinski definition) is 4. The second kappa shape index (κ2) is 7.40. The lowest BCUT2D eigenvalue weighted by molar-refractivity contribution is -0.121. The van der Waals surface area contributed by atoms with Crippen LogP contribution in [0.25, 0.3) is 10.9 Å². The number of rotatable bonds is 3. The summed E-state index contributed by atoms with van der Waals surface area (Å²) in [6, 6.07) is 7.86. The van der Waals surface area contributed by atoms with Gasteiger partial charge in [0.15, 0.2) is 0 Å². The molecule has 2 unspecified atom stereocenters. The lowest BCUT2D eigenvalue weighted by atomic mass is 9.81. The van der Waals surface area contributed by atoms with Crippen LogP contribution in [0.5, 0.6) is 0 Å². The number of anilines is 1. The highest BCUT2D eigenvalue weighted by Crippen LogP contribution is 2.33. The number of hydrogen-bond donors (Lipinski definition) is 1. The molecule has 1 amide bonds. The van der Waals surface area contributed by atoms with Crippen molar-refractivity contribution < 1.29 is 4.79 Å². The number of piperidine rings is 1. The quantitative estimate of drug-likeness (QED) is 0.695. The monoisotopic (exact) mass is 427 g/mol. The molecule has 1 aromatic carbocycles.